The summed E-state index contributed by atoms with van der Waals surface area (Å²) in [6.07, 6.45) is 3.59. The summed E-state index contributed by atoms with van der Waals surface area (Å²) < 4.78 is 0. The molecule has 7 heteroatoms. The van der Waals surface area contributed by atoms with Crippen molar-refractivity contribution in [3.8, 4) is 0 Å². The van der Waals surface area contributed by atoms with Gasteiger partial charge in [-0.1, -0.05) is 0 Å². The lowest BCUT2D eigenvalue weighted by molar-refractivity contribution is -0.119. The Morgan fingerprint density at radius 1 is 1.48 bits per heavy atom. The zero-order chi connectivity index (χ0) is 14.8. The predicted molar refractivity (Wildman–Crippen MR) is 84.4 cm³/mol. The van der Waals surface area contributed by atoms with Crippen molar-refractivity contribution in [3.63, 3.8) is 0 Å². The smallest absolute Gasteiger partial charge is 0.231 e. The highest BCUT2D eigenvalue weighted by Crippen LogP contribution is 2.28. The standard InChI is InChI=1S/C14H19N5OS/c1-9-6-11-13(16-8-17-14(11)21-9)18-10-2-4-19(5-3-10)7-12(15)20/h6,8,10H,2-5,7H2,1H3,(H2,15,20)(H,16,17,18). The largest absolute Gasteiger partial charge is 0.369 e. The number of piperidine rings is 1. The van der Waals surface area contributed by atoms with Crippen LogP contribution in [0.4, 0.5) is 5.82 Å². The lowest BCUT2D eigenvalue weighted by atomic mass is 10.0. The average Bonchev–Trinajstić information content (AvgIpc) is 2.82. The topological polar surface area (TPSA) is 84.1 Å². The van der Waals surface area contributed by atoms with E-state index in [1.54, 1.807) is 17.7 Å². The van der Waals surface area contributed by atoms with E-state index in [0.717, 1.165) is 42.0 Å². The van der Waals surface area contributed by atoms with E-state index in [-0.39, 0.29) is 5.91 Å². The molecule has 0 saturated carbocycles. The Bertz CT molecular complexity index is 648. The van der Waals surface area contributed by atoms with Crippen molar-refractivity contribution in [1.82, 2.24) is 14.9 Å². The number of rotatable bonds is 4. The van der Waals surface area contributed by atoms with Crippen LogP contribution in [0.1, 0.15) is 17.7 Å². The maximum atomic E-state index is 10.9. The van der Waals surface area contributed by atoms with Gasteiger partial charge in [-0.15, -0.1) is 11.3 Å². The van der Waals surface area contributed by atoms with Crippen LogP contribution in [0.25, 0.3) is 10.2 Å². The molecule has 3 rings (SSSR count). The fraction of sp³-hybridized carbons (Fsp3) is 0.500. The van der Waals surface area contributed by atoms with E-state index < -0.39 is 0 Å². The van der Waals surface area contributed by atoms with Gasteiger partial charge in [-0.05, 0) is 25.8 Å². The molecule has 112 valence electrons. The zero-order valence-corrected chi connectivity index (χ0v) is 12.8. The number of carbonyl (C=O) groups is 1. The van der Waals surface area contributed by atoms with E-state index in [4.69, 9.17) is 5.73 Å². The number of aromatic nitrogens is 2. The number of fused-ring (bicyclic) bond motifs is 1. The van der Waals surface area contributed by atoms with Crippen LogP contribution in [0.3, 0.4) is 0 Å². The minimum Gasteiger partial charge on any atom is -0.369 e. The summed E-state index contributed by atoms with van der Waals surface area (Å²) in [5.41, 5.74) is 5.23. The molecule has 0 aromatic carbocycles. The SMILES string of the molecule is Cc1cc2c(NC3CCN(CC(N)=O)CC3)ncnc2s1. The molecule has 1 saturated heterocycles. The monoisotopic (exact) mass is 305 g/mol. The van der Waals surface area contributed by atoms with Gasteiger partial charge in [0.25, 0.3) is 0 Å². The second-order valence-corrected chi connectivity index (χ2v) is 6.69. The number of nitrogens with two attached hydrogens (primary N) is 1. The second kappa shape index (κ2) is 5.95. The van der Waals surface area contributed by atoms with Crippen LogP contribution in [-0.4, -0.2) is 46.5 Å². The molecule has 2 aromatic heterocycles. The van der Waals surface area contributed by atoms with E-state index in [2.05, 4.69) is 33.2 Å². The van der Waals surface area contributed by atoms with Crippen LogP contribution in [-0.2, 0) is 4.79 Å². The summed E-state index contributed by atoms with van der Waals surface area (Å²) in [5, 5.41) is 4.62. The number of likely N-dealkylation sites (tertiary alicyclic amines) is 1. The van der Waals surface area contributed by atoms with E-state index >= 15 is 0 Å². The molecule has 0 bridgehead atoms. The summed E-state index contributed by atoms with van der Waals surface area (Å²) >= 11 is 1.68. The maximum Gasteiger partial charge on any atom is 0.231 e. The summed E-state index contributed by atoms with van der Waals surface area (Å²) in [4.78, 5) is 24.0. The maximum absolute atomic E-state index is 10.9. The Balaban J connectivity index is 1.65. The Morgan fingerprint density at radius 3 is 2.95 bits per heavy atom. The van der Waals surface area contributed by atoms with Crippen molar-refractivity contribution in [2.75, 3.05) is 25.0 Å². The minimum atomic E-state index is -0.257. The molecule has 1 fully saturated rings. The number of carbonyl (C=O) groups excluding carboxylic acids is 1. The molecule has 1 amide bonds. The summed E-state index contributed by atoms with van der Waals surface area (Å²) in [6, 6.07) is 2.51. The predicted octanol–water partition coefficient (Wildman–Crippen LogP) is 1.36. The number of nitrogens with one attached hydrogen (secondary N) is 1. The Kier molecular flexibility index (Phi) is 4.03. The fourth-order valence-electron chi connectivity index (χ4n) is 2.74. The number of nitrogens with zero attached hydrogens (tertiary/aromatic N) is 3. The van der Waals surface area contributed by atoms with Gasteiger partial charge in [-0.25, -0.2) is 9.97 Å². The van der Waals surface area contributed by atoms with Crippen molar-refractivity contribution in [2.45, 2.75) is 25.8 Å². The molecule has 21 heavy (non-hydrogen) atoms. The number of primary amides is 1. The molecule has 0 spiro atoms. The van der Waals surface area contributed by atoms with Gasteiger partial charge in [0.1, 0.15) is 17.0 Å². The molecule has 0 atom stereocenters. The third-order valence-corrected chi connectivity index (χ3v) is 4.72. The van der Waals surface area contributed by atoms with Crippen LogP contribution in [0.2, 0.25) is 0 Å². The van der Waals surface area contributed by atoms with Crippen LogP contribution >= 0.6 is 11.3 Å². The fourth-order valence-corrected chi connectivity index (χ4v) is 3.59. The summed E-state index contributed by atoms with van der Waals surface area (Å²) in [5.74, 6) is 0.658. The minimum absolute atomic E-state index is 0.257. The van der Waals surface area contributed by atoms with Gasteiger partial charge in [-0.3, -0.25) is 9.69 Å². The summed E-state index contributed by atoms with van der Waals surface area (Å²) in [7, 11) is 0. The molecular weight excluding hydrogens is 286 g/mol. The molecule has 1 aliphatic heterocycles. The van der Waals surface area contributed by atoms with Gasteiger partial charge in [0, 0.05) is 24.0 Å². The quantitative estimate of drug-likeness (QED) is 0.891. The first kappa shape index (κ1) is 14.2. The van der Waals surface area contributed by atoms with Crippen molar-refractivity contribution >= 4 is 33.3 Å². The van der Waals surface area contributed by atoms with Crippen molar-refractivity contribution in [1.29, 1.82) is 0 Å². The third kappa shape index (κ3) is 3.30. The van der Waals surface area contributed by atoms with Gasteiger partial charge < -0.3 is 11.1 Å². The first-order chi connectivity index (χ1) is 10.1. The van der Waals surface area contributed by atoms with Gasteiger partial charge in [0.2, 0.25) is 5.91 Å². The Morgan fingerprint density at radius 2 is 2.24 bits per heavy atom. The molecule has 3 N–H and O–H groups in total. The first-order valence-corrected chi connectivity index (χ1v) is 7.92. The second-order valence-electron chi connectivity index (χ2n) is 5.46. The molecular formula is C14H19N5OS. The normalized spacial score (nSPS) is 17.2. The number of anilines is 1. The highest BCUT2D eigenvalue weighted by Gasteiger charge is 2.21. The zero-order valence-electron chi connectivity index (χ0n) is 12.0. The molecule has 0 unspecified atom stereocenters. The van der Waals surface area contributed by atoms with E-state index in [0.29, 0.717) is 12.6 Å². The highest BCUT2D eigenvalue weighted by atomic mass is 32.1. The van der Waals surface area contributed by atoms with Gasteiger partial charge in [-0.2, -0.15) is 0 Å². The molecule has 3 heterocycles. The number of hydrogen-bond acceptors (Lipinski definition) is 6. The van der Waals surface area contributed by atoms with Crippen LogP contribution in [0.5, 0.6) is 0 Å². The lowest BCUT2D eigenvalue weighted by Gasteiger charge is -2.31. The third-order valence-electron chi connectivity index (χ3n) is 3.76. The molecule has 1 aliphatic rings. The van der Waals surface area contributed by atoms with E-state index in [1.165, 1.54) is 4.88 Å². The van der Waals surface area contributed by atoms with Gasteiger partial charge >= 0.3 is 0 Å². The lowest BCUT2D eigenvalue weighted by Crippen LogP contribution is -2.43. The van der Waals surface area contributed by atoms with E-state index in [1.807, 2.05) is 0 Å². The number of amides is 1. The van der Waals surface area contributed by atoms with Crippen molar-refractivity contribution < 1.29 is 4.79 Å². The molecule has 6 nitrogen and oxygen atoms in total. The molecule has 2 aromatic rings. The van der Waals surface area contributed by atoms with Gasteiger partial charge in [0.05, 0.1) is 11.9 Å². The van der Waals surface area contributed by atoms with Crippen LogP contribution in [0.15, 0.2) is 12.4 Å². The summed E-state index contributed by atoms with van der Waals surface area (Å²) in [6.45, 7) is 4.21. The highest BCUT2D eigenvalue weighted by molar-refractivity contribution is 7.18. The van der Waals surface area contributed by atoms with Gasteiger partial charge in [0.15, 0.2) is 0 Å². The number of thiophene rings is 1. The number of aryl methyl sites for hydroxylation is 1. The Hall–Kier alpha value is -1.73. The molecule has 0 aliphatic carbocycles. The van der Waals surface area contributed by atoms with Crippen molar-refractivity contribution in [3.05, 3.63) is 17.3 Å². The number of hydrogen-bond donors (Lipinski definition) is 2. The van der Waals surface area contributed by atoms with Crippen LogP contribution in [0, 0.1) is 6.92 Å². The first-order valence-electron chi connectivity index (χ1n) is 7.10. The Labute approximate surface area is 127 Å². The van der Waals surface area contributed by atoms with E-state index in [9.17, 15) is 4.79 Å². The van der Waals surface area contributed by atoms with Crippen LogP contribution < -0.4 is 11.1 Å². The molecule has 0 radical (unpaired) electrons. The van der Waals surface area contributed by atoms with Crippen molar-refractivity contribution in [2.24, 2.45) is 5.73 Å². The average molecular weight is 305 g/mol.